The zero-order chi connectivity index (χ0) is 19.2. The van der Waals surface area contributed by atoms with Crippen LogP contribution in [0.2, 0.25) is 0 Å². The van der Waals surface area contributed by atoms with E-state index in [4.69, 9.17) is 10.00 Å². The van der Waals surface area contributed by atoms with E-state index in [1.54, 1.807) is 12.1 Å². The van der Waals surface area contributed by atoms with Crippen molar-refractivity contribution in [2.45, 2.75) is 18.9 Å². The second kappa shape index (κ2) is 6.41. The summed E-state index contributed by atoms with van der Waals surface area (Å²) in [6.45, 7) is 3.14. The van der Waals surface area contributed by atoms with E-state index in [1.807, 2.05) is 4.90 Å². The molecule has 2 amide bonds. The molecule has 3 aliphatic rings. The Morgan fingerprint density at radius 1 is 1.48 bits per heavy atom. The highest BCUT2D eigenvalue weighted by Crippen LogP contribution is 2.54. The minimum absolute atomic E-state index is 0.0730. The van der Waals surface area contributed by atoms with Gasteiger partial charge in [0.05, 0.1) is 24.8 Å². The number of hydrogen-bond donors (Lipinski definition) is 2. The number of carbonyl (C=O) groups is 2. The lowest BCUT2D eigenvalue weighted by Gasteiger charge is -2.28. The molecule has 2 saturated heterocycles. The molecule has 3 fully saturated rings. The number of amides is 2. The van der Waals surface area contributed by atoms with Crippen molar-refractivity contribution in [1.82, 2.24) is 10.6 Å². The number of hydrogen-bond acceptors (Lipinski definition) is 5. The molecule has 142 valence electrons. The summed E-state index contributed by atoms with van der Waals surface area (Å²) in [6.07, 6.45) is -0.0118. The number of ether oxygens (including phenoxy) is 1. The van der Waals surface area contributed by atoms with Crippen molar-refractivity contribution in [2.75, 3.05) is 31.1 Å². The molecule has 2 N–H and O–H groups in total. The first-order valence-corrected chi connectivity index (χ1v) is 9.07. The van der Waals surface area contributed by atoms with Gasteiger partial charge < -0.3 is 20.3 Å². The number of nitrogens with zero attached hydrogens (tertiary/aromatic N) is 2. The maximum Gasteiger partial charge on any atom is 0.408 e. The normalized spacial score (nSPS) is 30.9. The van der Waals surface area contributed by atoms with Gasteiger partial charge in [-0.15, -0.1) is 0 Å². The van der Waals surface area contributed by atoms with E-state index in [0.717, 1.165) is 13.1 Å². The SMILES string of the molecule is CC(=O)NCC1(c2ccc(N3C[C@@H]4C(CC#N)[C@@H]4C3)c(F)c2)CNC(=O)O1. The van der Waals surface area contributed by atoms with Gasteiger partial charge in [-0.3, -0.25) is 4.79 Å². The molecule has 7 nitrogen and oxygen atoms in total. The van der Waals surface area contributed by atoms with Gasteiger partial charge in [0.25, 0.3) is 0 Å². The van der Waals surface area contributed by atoms with Crippen molar-refractivity contribution in [2.24, 2.45) is 17.8 Å². The molecule has 1 aromatic carbocycles. The molecule has 2 heterocycles. The fourth-order valence-corrected chi connectivity index (χ4v) is 4.39. The van der Waals surface area contributed by atoms with Gasteiger partial charge in [0.15, 0.2) is 5.60 Å². The van der Waals surface area contributed by atoms with Crippen molar-refractivity contribution in [3.05, 3.63) is 29.6 Å². The van der Waals surface area contributed by atoms with Crippen molar-refractivity contribution in [3.8, 4) is 6.07 Å². The Labute approximate surface area is 156 Å². The number of anilines is 1. The van der Waals surface area contributed by atoms with Crippen LogP contribution in [0.4, 0.5) is 14.9 Å². The third kappa shape index (κ3) is 3.07. The highest BCUT2D eigenvalue weighted by molar-refractivity contribution is 5.74. The molecular formula is C19H21FN4O3. The highest BCUT2D eigenvalue weighted by Gasteiger charge is 2.55. The third-order valence-electron chi connectivity index (χ3n) is 5.94. The van der Waals surface area contributed by atoms with Gasteiger partial charge in [0.1, 0.15) is 5.82 Å². The van der Waals surface area contributed by atoms with E-state index in [0.29, 0.717) is 35.4 Å². The molecule has 4 atom stereocenters. The Morgan fingerprint density at radius 3 is 2.78 bits per heavy atom. The second-order valence-electron chi connectivity index (χ2n) is 7.57. The van der Waals surface area contributed by atoms with Crippen molar-refractivity contribution >= 4 is 17.7 Å². The molecule has 0 aromatic heterocycles. The summed E-state index contributed by atoms with van der Waals surface area (Å²) in [5, 5.41) is 14.1. The number of cyclic esters (lactones) is 1. The van der Waals surface area contributed by atoms with Gasteiger partial charge in [0.2, 0.25) is 5.91 Å². The lowest BCUT2D eigenvalue weighted by atomic mass is 9.93. The summed E-state index contributed by atoms with van der Waals surface area (Å²) in [5.41, 5.74) is -0.0937. The van der Waals surface area contributed by atoms with Crippen molar-refractivity contribution < 1.29 is 18.7 Å². The predicted octanol–water partition coefficient (Wildman–Crippen LogP) is 1.49. The topological polar surface area (TPSA) is 94.5 Å². The Morgan fingerprint density at radius 2 is 2.22 bits per heavy atom. The van der Waals surface area contributed by atoms with Crippen LogP contribution in [-0.2, 0) is 15.1 Å². The first-order valence-electron chi connectivity index (χ1n) is 9.07. The second-order valence-corrected chi connectivity index (χ2v) is 7.57. The van der Waals surface area contributed by atoms with Crippen molar-refractivity contribution in [3.63, 3.8) is 0 Å². The largest absolute Gasteiger partial charge is 0.434 e. The quantitative estimate of drug-likeness (QED) is 0.817. The number of halogens is 1. The van der Waals surface area contributed by atoms with E-state index in [2.05, 4.69) is 16.7 Å². The molecule has 2 unspecified atom stereocenters. The minimum atomic E-state index is -1.12. The number of piperidine rings is 1. The molecule has 8 heteroatoms. The number of carbonyl (C=O) groups excluding carboxylic acids is 2. The molecule has 1 aromatic rings. The standard InChI is InChI=1S/C19H21FN4O3/c1-11(25)22-9-19(10-23-18(26)27-19)12-2-3-17(16(20)6-12)24-7-14-13(4-5-21)15(14)8-24/h2-3,6,13-15H,4,7-10H2,1H3,(H,22,25)(H,23,26)/t13?,14-,15+,19?. The zero-order valence-electron chi connectivity index (χ0n) is 15.0. The van der Waals surface area contributed by atoms with Crippen LogP contribution in [0.15, 0.2) is 18.2 Å². The third-order valence-corrected chi connectivity index (χ3v) is 5.94. The van der Waals surface area contributed by atoms with Crippen LogP contribution in [0.5, 0.6) is 0 Å². The summed E-state index contributed by atoms with van der Waals surface area (Å²) < 4.78 is 20.3. The average molecular weight is 372 g/mol. The average Bonchev–Trinajstić information content (AvgIpc) is 2.99. The fraction of sp³-hybridized carbons (Fsp3) is 0.526. The first kappa shape index (κ1) is 17.6. The van der Waals surface area contributed by atoms with E-state index in [1.165, 1.54) is 13.0 Å². The minimum Gasteiger partial charge on any atom is -0.434 e. The molecule has 2 aliphatic heterocycles. The molecule has 0 radical (unpaired) electrons. The van der Waals surface area contributed by atoms with Crippen LogP contribution in [0.1, 0.15) is 18.9 Å². The van der Waals surface area contributed by atoms with Crippen LogP contribution < -0.4 is 15.5 Å². The molecule has 1 aliphatic carbocycles. The molecule has 4 rings (SSSR count). The summed E-state index contributed by atoms with van der Waals surface area (Å²) in [4.78, 5) is 24.9. The summed E-state index contributed by atoms with van der Waals surface area (Å²) >= 11 is 0. The maximum absolute atomic E-state index is 14.9. The van der Waals surface area contributed by atoms with E-state index < -0.39 is 11.7 Å². The summed E-state index contributed by atoms with van der Waals surface area (Å²) in [7, 11) is 0. The highest BCUT2D eigenvalue weighted by atomic mass is 19.1. The summed E-state index contributed by atoms with van der Waals surface area (Å²) in [5.74, 6) is 0.788. The van der Waals surface area contributed by atoms with E-state index >= 15 is 0 Å². The first-order chi connectivity index (χ1) is 12.9. The van der Waals surface area contributed by atoms with Crippen LogP contribution in [0.25, 0.3) is 0 Å². The van der Waals surface area contributed by atoms with Crippen LogP contribution in [0, 0.1) is 34.9 Å². The molecule has 0 bridgehead atoms. The summed E-state index contributed by atoms with van der Waals surface area (Å²) in [6, 6.07) is 7.06. The van der Waals surface area contributed by atoms with Crippen LogP contribution >= 0.6 is 0 Å². The monoisotopic (exact) mass is 372 g/mol. The van der Waals surface area contributed by atoms with Crippen LogP contribution in [0.3, 0.4) is 0 Å². The smallest absolute Gasteiger partial charge is 0.408 e. The van der Waals surface area contributed by atoms with Crippen molar-refractivity contribution in [1.29, 1.82) is 5.26 Å². The predicted molar refractivity (Wildman–Crippen MR) is 94.2 cm³/mol. The van der Waals surface area contributed by atoms with Gasteiger partial charge >= 0.3 is 6.09 Å². The van der Waals surface area contributed by atoms with Gasteiger partial charge in [-0.25, -0.2) is 9.18 Å². The van der Waals surface area contributed by atoms with Gasteiger partial charge in [-0.2, -0.15) is 5.26 Å². The van der Waals surface area contributed by atoms with Gasteiger partial charge in [0, 0.05) is 32.0 Å². The fourth-order valence-electron chi connectivity index (χ4n) is 4.39. The Bertz CT molecular complexity index is 827. The Balaban J connectivity index is 1.52. The van der Waals surface area contributed by atoms with E-state index in [-0.39, 0.29) is 24.8 Å². The molecule has 1 saturated carbocycles. The number of fused-ring (bicyclic) bond motifs is 1. The molecule has 0 spiro atoms. The molecular weight excluding hydrogens is 351 g/mol. The number of alkyl carbamates (subject to hydrolysis) is 1. The maximum atomic E-state index is 14.9. The number of nitriles is 1. The molecule has 27 heavy (non-hydrogen) atoms. The zero-order valence-corrected chi connectivity index (χ0v) is 15.0. The lowest BCUT2D eigenvalue weighted by molar-refractivity contribution is -0.120. The van der Waals surface area contributed by atoms with Gasteiger partial charge in [-0.05, 0) is 29.9 Å². The van der Waals surface area contributed by atoms with Gasteiger partial charge in [-0.1, -0.05) is 6.07 Å². The Kier molecular flexibility index (Phi) is 4.17. The van der Waals surface area contributed by atoms with Crippen LogP contribution in [-0.4, -0.2) is 38.2 Å². The Hall–Kier alpha value is -2.82. The number of nitrogens with one attached hydrogen (secondary N) is 2. The number of benzene rings is 1. The van der Waals surface area contributed by atoms with E-state index in [9.17, 15) is 14.0 Å². The number of rotatable bonds is 5. The lowest BCUT2D eigenvalue weighted by Crippen LogP contribution is -2.43.